The van der Waals surface area contributed by atoms with Crippen LogP contribution >= 0.6 is 0 Å². The van der Waals surface area contributed by atoms with E-state index in [1.54, 1.807) is 7.11 Å². The predicted octanol–water partition coefficient (Wildman–Crippen LogP) is 5.28. The zero-order valence-electron chi connectivity index (χ0n) is 25.1. The van der Waals surface area contributed by atoms with E-state index in [-0.39, 0.29) is 12.3 Å². The van der Waals surface area contributed by atoms with Gasteiger partial charge in [0.15, 0.2) is 0 Å². The number of nitrogens with one attached hydrogen (secondary N) is 1. The number of methoxy groups -OCH3 is 1. The van der Waals surface area contributed by atoms with Gasteiger partial charge >= 0.3 is 0 Å². The van der Waals surface area contributed by atoms with Gasteiger partial charge in [0, 0.05) is 30.4 Å². The highest BCUT2D eigenvalue weighted by molar-refractivity contribution is 5.96. The van der Waals surface area contributed by atoms with E-state index in [4.69, 9.17) is 9.53 Å². The van der Waals surface area contributed by atoms with Crippen LogP contribution < -0.4 is 15.8 Å². The average molecular weight is 559 g/mol. The van der Waals surface area contributed by atoms with Crippen molar-refractivity contribution in [3.05, 3.63) is 95.2 Å². The largest absolute Gasteiger partial charge is 0.497 e. The summed E-state index contributed by atoms with van der Waals surface area (Å²) in [6, 6.07) is 14.9. The molecule has 0 aromatic heterocycles. The standard InChI is InChI=1S/C33H43N3O2.CH3NO/c1-6-26(10-8-25(3)34-30-17-19-35(4)20-18-30)32-23-29(9-7-24(32)2)33(37)36-21-15-28(16-22-36)27-11-13-31(38-5)14-12-27;2-1-3/h6-14,23,28,30,34H,3,15-22H2,1-2,4-5H3;1H,(H2,2,3)/b10-8-,26-6+;. The van der Waals surface area contributed by atoms with Gasteiger partial charge in [-0.05, 0) is 118 Å². The van der Waals surface area contributed by atoms with E-state index >= 15 is 0 Å². The average Bonchev–Trinajstić information content (AvgIpc) is 2.99. The molecular formula is C34H46N4O3. The van der Waals surface area contributed by atoms with E-state index in [9.17, 15) is 4.79 Å². The zero-order valence-corrected chi connectivity index (χ0v) is 25.1. The highest BCUT2D eigenvalue weighted by Crippen LogP contribution is 2.30. The lowest BCUT2D eigenvalue weighted by atomic mass is 9.89. The normalized spacial score (nSPS) is 17.1. The molecule has 2 saturated heterocycles. The molecule has 2 aromatic rings. The molecule has 0 aliphatic carbocycles. The smallest absolute Gasteiger partial charge is 0.253 e. The molecule has 0 radical (unpaired) electrons. The fourth-order valence-electron chi connectivity index (χ4n) is 5.54. The first kappa shape index (κ1) is 31.7. The van der Waals surface area contributed by atoms with E-state index < -0.39 is 0 Å². The van der Waals surface area contributed by atoms with Crippen molar-refractivity contribution in [1.29, 1.82) is 0 Å². The first-order chi connectivity index (χ1) is 19.8. The number of hydrogen-bond donors (Lipinski definition) is 2. The lowest BCUT2D eigenvalue weighted by molar-refractivity contribution is -0.106. The summed E-state index contributed by atoms with van der Waals surface area (Å²) in [5.41, 5.74) is 10.5. The third-order valence-electron chi connectivity index (χ3n) is 8.05. The van der Waals surface area contributed by atoms with Crippen molar-refractivity contribution in [2.75, 3.05) is 40.3 Å². The first-order valence-electron chi connectivity index (χ1n) is 14.5. The number of carbonyl (C=O) groups excluding carboxylic acids is 2. The van der Waals surface area contributed by atoms with E-state index in [0.717, 1.165) is 85.6 Å². The molecule has 220 valence electrons. The molecule has 0 saturated carbocycles. The topological polar surface area (TPSA) is 87.9 Å². The number of primary amides is 1. The van der Waals surface area contributed by atoms with E-state index in [1.165, 1.54) is 5.56 Å². The summed E-state index contributed by atoms with van der Waals surface area (Å²) in [6.45, 7) is 12.2. The third-order valence-corrected chi connectivity index (χ3v) is 8.05. The Morgan fingerprint density at radius 2 is 1.66 bits per heavy atom. The van der Waals surface area contributed by atoms with Crippen LogP contribution in [0, 0.1) is 6.92 Å². The number of hydrogen-bond acceptors (Lipinski definition) is 5. The van der Waals surface area contributed by atoms with E-state index in [1.807, 2.05) is 30.0 Å². The minimum Gasteiger partial charge on any atom is -0.497 e. The number of nitrogens with two attached hydrogens (primary N) is 1. The number of likely N-dealkylation sites (tertiary alicyclic amines) is 2. The number of benzene rings is 2. The Morgan fingerprint density at radius 3 is 2.24 bits per heavy atom. The number of piperidine rings is 2. The van der Waals surface area contributed by atoms with Crippen molar-refractivity contribution in [3.63, 3.8) is 0 Å². The summed E-state index contributed by atoms with van der Waals surface area (Å²) >= 11 is 0. The van der Waals surface area contributed by atoms with Gasteiger partial charge < -0.3 is 25.6 Å². The van der Waals surface area contributed by atoms with Gasteiger partial charge in [-0.25, -0.2) is 0 Å². The number of allylic oxidation sites excluding steroid dienone is 4. The number of carbonyl (C=O) groups is 2. The molecule has 0 atom stereocenters. The van der Waals surface area contributed by atoms with Gasteiger partial charge in [0.25, 0.3) is 5.91 Å². The summed E-state index contributed by atoms with van der Waals surface area (Å²) in [5.74, 6) is 1.48. The summed E-state index contributed by atoms with van der Waals surface area (Å²) < 4.78 is 5.29. The van der Waals surface area contributed by atoms with E-state index in [2.05, 4.69) is 79.0 Å². The van der Waals surface area contributed by atoms with Crippen LogP contribution in [0.15, 0.2) is 73.0 Å². The second kappa shape index (κ2) is 15.8. The molecule has 4 rings (SSSR count). The molecule has 3 N–H and O–H groups in total. The highest BCUT2D eigenvalue weighted by Gasteiger charge is 2.25. The van der Waals surface area contributed by atoms with Crippen LogP contribution in [0.25, 0.3) is 5.57 Å². The van der Waals surface area contributed by atoms with E-state index in [0.29, 0.717) is 12.0 Å². The molecule has 2 aromatic carbocycles. The predicted molar refractivity (Wildman–Crippen MR) is 168 cm³/mol. The van der Waals surface area contributed by atoms with Crippen LogP contribution in [0.3, 0.4) is 0 Å². The van der Waals surface area contributed by atoms with Gasteiger partial charge in [0.05, 0.1) is 7.11 Å². The van der Waals surface area contributed by atoms with Crippen molar-refractivity contribution in [3.8, 4) is 5.75 Å². The van der Waals surface area contributed by atoms with Crippen molar-refractivity contribution in [1.82, 2.24) is 15.1 Å². The Bertz CT molecular complexity index is 1220. The molecule has 7 nitrogen and oxygen atoms in total. The van der Waals surface area contributed by atoms with Gasteiger partial charge in [-0.3, -0.25) is 9.59 Å². The van der Waals surface area contributed by atoms with Gasteiger partial charge in [0.2, 0.25) is 6.41 Å². The molecule has 2 amide bonds. The summed E-state index contributed by atoms with van der Waals surface area (Å²) in [5, 5.41) is 3.58. The van der Waals surface area contributed by atoms with Crippen LogP contribution in [0.4, 0.5) is 0 Å². The molecule has 2 aliphatic heterocycles. The number of rotatable bonds is 8. The van der Waals surface area contributed by atoms with Gasteiger partial charge in [0.1, 0.15) is 5.75 Å². The van der Waals surface area contributed by atoms with Gasteiger partial charge in [-0.15, -0.1) is 0 Å². The minimum atomic E-state index is 0.118. The summed E-state index contributed by atoms with van der Waals surface area (Å²) in [7, 11) is 3.87. The first-order valence-corrected chi connectivity index (χ1v) is 14.5. The molecular weight excluding hydrogens is 512 g/mol. The molecule has 2 fully saturated rings. The van der Waals surface area contributed by atoms with Crippen LogP contribution in [0.2, 0.25) is 0 Å². The van der Waals surface area contributed by atoms with Crippen molar-refractivity contribution >= 4 is 17.9 Å². The monoisotopic (exact) mass is 558 g/mol. The molecule has 0 bridgehead atoms. The van der Waals surface area contributed by atoms with Gasteiger partial charge in [-0.2, -0.15) is 0 Å². The van der Waals surface area contributed by atoms with Gasteiger partial charge in [-0.1, -0.05) is 36.9 Å². The molecule has 0 unspecified atom stereocenters. The Kier molecular flexibility index (Phi) is 12.2. The van der Waals surface area contributed by atoms with Crippen LogP contribution in [-0.4, -0.2) is 68.5 Å². The Labute approximate surface area is 245 Å². The maximum absolute atomic E-state index is 13.5. The zero-order chi connectivity index (χ0) is 29.8. The van der Waals surface area contributed by atoms with Crippen molar-refractivity contribution < 1.29 is 14.3 Å². The van der Waals surface area contributed by atoms with Crippen molar-refractivity contribution in [2.45, 2.75) is 51.5 Å². The maximum Gasteiger partial charge on any atom is 0.253 e. The summed E-state index contributed by atoms with van der Waals surface area (Å²) in [6.07, 6.45) is 10.8. The fraction of sp³-hybridized carbons (Fsp3) is 0.412. The van der Waals surface area contributed by atoms with Crippen LogP contribution in [-0.2, 0) is 4.79 Å². The third kappa shape index (κ3) is 9.08. The summed E-state index contributed by atoms with van der Waals surface area (Å²) in [4.78, 5) is 26.4. The lowest BCUT2D eigenvalue weighted by Gasteiger charge is -2.32. The molecule has 2 heterocycles. The molecule has 2 aliphatic rings. The Hall–Kier alpha value is -3.84. The highest BCUT2D eigenvalue weighted by atomic mass is 16.5. The Morgan fingerprint density at radius 1 is 1.02 bits per heavy atom. The second-order valence-corrected chi connectivity index (χ2v) is 10.8. The molecule has 7 heteroatoms. The number of amides is 2. The SMILES string of the molecule is C=C(/C=C\C(=C/C)c1cc(C(=O)N2CCC(c3ccc(OC)cc3)CC2)ccc1C)NC1CCN(C)CC1.NC=O. The second-order valence-electron chi connectivity index (χ2n) is 10.8. The maximum atomic E-state index is 13.5. The number of ether oxygens (including phenoxy) is 1. The number of nitrogens with zero attached hydrogens (tertiary/aromatic N) is 2. The van der Waals surface area contributed by atoms with Crippen molar-refractivity contribution in [2.24, 2.45) is 5.73 Å². The number of aryl methyl sites for hydroxylation is 1. The Balaban J connectivity index is 0.00000147. The quantitative estimate of drug-likeness (QED) is 0.340. The molecule has 41 heavy (non-hydrogen) atoms. The minimum absolute atomic E-state index is 0.118. The fourth-order valence-corrected chi connectivity index (χ4v) is 5.54. The molecule has 0 spiro atoms. The van der Waals surface area contributed by atoms with Crippen LogP contribution in [0.1, 0.15) is 65.6 Å². The lowest BCUT2D eigenvalue weighted by Crippen LogP contribution is -2.40. The van der Waals surface area contributed by atoms with Crippen LogP contribution in [0.5, 0.6) is 5.75 Å².